The Bertz CT molecular complexity index is 574. The van der Waals surface area contributed by atoms with Gasteiger partial charge in [0.25, 0.3) is 5.91 Å². The number of ether oxygens (including phenoxy) is 1. The Labute approximate surface area is 114 Å². The van der Waals surface area contributed by atoms with Gasteiger partial charge in [0.2, 0.25) is 5.88 Å². The van der Waals surface area contributed by atoms with Crippen molar-refractivity contribution in [2.24, 2.45) is 0 Å². The average molecular weight is 279 g/mol. The second-order valence-corrected chi connectivity index (χ2v) is 3.98. The number of hydrogen-bond acceptors (Lipinski definition) is 5. The minimum Gasteiger partial charge on any atom is -0.481 e. The molecular formula is C12H11ClN4O2. The first-order valence-corrected chi connectivity index (χ1v) is 5.84. The monoisotopic (exact) mass is 278 g/mol. The van der Waals surface area contributed by atoms with Gasteiger partial charge in [-0.3, -0.25) is 4.79 Å². The van der Waals surface area contributed by atoms with Crippen molar-refractivity contribution < 1.29 is 9.53 Å². The summed E-state index contributed by atoms with van der Waals surface area (Å²) in [5.41, 5.74) is 0.979. The molecule has 0 atom stereocenters. The Morgan fingerprint density at radius 2 is 2.21 bits per heavy atom. The zero-order chi connectivity index (χ0) is 13.7. The molecular weight excluding hydrogens is 268 g/mol. The second kappa shape index (κ2) is 6.10. The largest absolute Gasteiger partial charge is 0.481 e. The van der Waals surface area contributed by atoms with E-state index in [4.69, 9.17) is 16.3 Å². The van der Waals surface area contributed by atoms with E-state index in [1.165, 1.54) is 19.2 Å². The summed E-state index contributed by atoms with van der Waals surface area (Å²) in [6, 6.07) is 6.60. The molecule has 0 fully saturated rings. The Morgan fingerprint density at radius 1 is 1.37 bits per heavy atom. The first-order valence-electron chi connectivity index (χ1n) is 5.46. The fraction of sp³-hybridized carbons (Fsp3) is 0.167. The van der Waals surface area contributed by atoms with Crippen LogP contribution in [0.5, 0.6) is 5.88 Å². The van der Waals surface area contributed by atoms with Crippen molar-refractivity contribution >= 4 is 17.5 Å². The maximum absolute atomic E-state index is 11.8. The molecule has 19 heavy (non-hydrogen) atoms. The van der Waals surface area contributed by atoms with Crippen LogP contribution < -0.4 is 10.1 Å². The van der Waals surface area contributed by atoms with E-state index in [2.05, 4.69) is 20.5 Å². The van der Waals surface area contributed by atoms with Gasteiger partial charge in [0, 0.05) is 18.3 Å². The van der Waals surface area contributed by atoms with Crippen LogP contribution in [0.3, 0.4) is 0 Å². The molecule has 0 aliphatic carbocycles. The van der Waals surface area contributed by atoms with Gasteiger partial charge in [-0.05, 0) is 18.2 Å². The lowest BCUT2D eigenvalue weighted by Gasteiger charge is -2.07. The van der Waals surface area contributed by atoms with Gasteiger partial charge in [-0.1, -0.05) is 17.7 Å². The van der Waals surface area contributed by atoms with Crippen LogP contribution in [0.15, 0.2) is 30.5 Å². The molecule has 1 amide bonds. The Balaban J connectivity index is 2.02. The molecule has 0 saturated heterocycles. The summed E-state index contributed by atoms with van der Waals surface area (Å²) >= 11 is 5.60. The zero-order valence-electron chi connectivity index (χ0n) is 10.1. The van der Waals surface area contributed by atoms with Gasteiger partial charge in [-0.2, -0.15) is 0 Å². The number of hydrogen-bond donors (Lipinski definition) is 1. The molecule has 2 rings (SSSR count). The highest BCUT2D eigenvalue weighted by Crippen LogP contribution is 2.13. The lowest BCUT2D eigenvalue weighted by molar-refractivity contribution is 0.0944. The van der Waals surface area contributed by atoms with E-state index >= 15 is 0 Å². The van der Waals surface area contributed by atoms with Gasteiger partial charge in [-0.15, -0.1) is 10.2 Å². The molecule has 0 radical (unpaired) electrons. The average Bonchev–Trinajstić information content (AvgIpc) is 2.45. The molecule has 0 saturated carbocycles. The number of aromatic nitrogens is 3. The van der Waals surface area contributed by atoms with E-state index in [0.717, 1.165) is 5.56 Å². The van der Waals surface area contributed by atoms with Crippen molar-refractivity contribution in [3.8, 4) is 5.88 Å². The summed E-state index contributed by atoms with van der Waals surface area (Å²) in [7, 11) is 1.53. The van der Waals surface area contributed by atoms with Crippen molar-refractivity contribution in [3.63, 3.8) is 0 Å². The van der Waals surface area contributed by atoms with Crippen LogP contribution in [-0.4, -0.2) is 28.2 Å². The number of nitrogens with zero attached hydrogens (tertiary/aromatic N) is 3. The minimum atomic E-state index is -0.338. The fourth-order valence-corrected chi connectivity index (χ4v) is 1.55. The van der Waals surface area contributed by atoms with Crippen molar-refractivity contribution in [1.82, 2.24) is 20.5 Å². The van der Waals surface area contributed by atoms with Crippen LogP contribution in [-0.2, 0) is 6.54 Å². The number of carbonyl (C=O) groups excluding carboxylic acids is 1. The number of nitrogens with one attached hydrogen (secondary N) is 1. The van der Waals surface area contributed by atoms with Crippen molar-refractivity contribution in [1.29, 1.82) is 0 Å². The van der Waals surface area contributed by atoms with Gasteiger partial charge in [-0.25, -0.2) is 4.98 Å². The number of pyridine rings is 1. The van der Waals surface area contributed by atoms with E-state index in [1.54, 1.807) is 12.3 Å². The van der Waals surface area contributed by atoms with Gasteiger partial charge in [0.1, 0.15) is 0 Å². The smallest absolute Gasteiger partial charge is 0.272 e. The van der Waals surface area contributed by atoms with E-state index in [-0.39, 0.29) is 16.8 Å². The van der Waals surface area contributed by atoms with Crippen LogP contribution in [0.25, 0.3) is 0 Å². The number of halogens is 1. The van der Waals surface area contributed by atoms with Crippen molar-refractivity contribution in [3.05, 3.63) is 46.9 Å². The normalized spacial score (nSPS) is 10.0. The van der Waals surface area contributed by atoms with Gasteiger partial charge >= 0.3 is 0 Å². The third kappa shape index (κ3) is 3.38. The first kappa shape index (κ1) is 13.2. The summed E-state index contributed by atoms with van der Waals surface area (Å²) in [6.45, 7) is 0.292. The van der Waals surface area contributed by atoms with Gasteiger partial charge < -0.3 is 10.1 Å². The Hall–Kier alpha value is -2.21. The molecule has 0 aliphatic rings. The molecule has 2 aromatic heterocycles. The highest BCUT2D eigenvalue weighted by atomic mass is 35.5. The van der Waals surface area contributed by atoms with E-state index in [1.807, 2.05) is 6.07 Å². The molecule has 0 unspecified atom stereocenters. The minimum absolute atomic E-state index is 0.201. The third-order valence-electron chi connectivity index (χ3n) is 2.35. The number of rotatable bonds is 4. The summed E-state index contributed by atoms with van der Waals surface area (Å²) in [5, 5.41) is 10.2. The zero-order valence-corrected chi connectivity index (χ0v) is 10.9. The van der Waals surface area contributed by atoms with E-state index < -0.39 is 0 Å². The predicted octanol–water partition coefficient (Wildman–Crippen LogP) is 1.46. The van der Waals surface area contributed by atoms with Gasteiger partial charge in [0.15, 0.2) is 10.8 Å². The molecule has 6 nitrogen and oxygen atoms in total. The Morgan fingerprint density at radius 3 is 2.89 bits per heavy atom. The van der Waals surface area contributed by atoms with Crippen molar-refractivity contribution in [2.45, 2.75) is 6.54 Å². The third-order valence-corrected chi connectivity index (χ3v) is 2.55. The SMILES string of the molecule is COc1ncccc1CNC(=O)c1ccc(Cl)nn1. The standard InChI is InChI=1S/C12H11ClN4O2/c1-19-12-8(3-2-6-14-12)7-15-11(18)9-4-5-10(13)17-16-9/h2-6H,7H2,1H3,(H,15,18). The lowest BCUT2D eigenvalue weighted by atomic mass is 10.2. The summed E-state index contributed by atoms with van der Waals surface area (Å²) in [5.74, 6) is 0.139. The molecule has 2 aromatic rings. The quantitative estimate of drug-likeness (QED) is 0.916. The predicted molar refractivity (Wildman–Crippen MR) is 69.0 cm³/mol. The molecule has 98 valence electrons. The fourth-order valence-electron chi connectivity index (χ4n) is 1.45. The van der Waals surface area contributed by atoms with Crippen LogP contribution in [0.1, 0.15) is 16.1 Å². The second-order valence-electron chi connectivity index (χ2n) is 3.60. The highest BCUT2D eigenvalue weighted by molar-refractivity contribution is 6.29. The number of methoxy groups -OCH3 is 1. The molecule has 0 aliphatic heterocycles. The summed E-state index contributed by atoms with van der Waals surface area (Å²) < 4.78 is 5.09. The van der Waals surface area contributed by atoms with E-state index in [0.29, 0.717) is 12.4 Å². The number of amides is 1. The maximum atomic E-state index is 11.8. The summed E-state index contributed by atoms with van der Waals surface area (Å²) in [4.78, 5) is 15.9. The highest BCUT2D eigenvalue weighted by Gasteiger charge is 2.09. The van der Waals surface area contributed by atoms with Crippen LogP contribution in [0, 0.1) is 0 Å². The van der Waals surface area contributed by atoms with Crippen LogP contribution in [0.2, 0.25) is 5.15 Å². The topological polar surface area (TPSA) is 77.0 Å². The van der Waals surface area contributed by atoms with Crippen LogP contribution in [0.4, 0.5) is 0 Å². The Kier molecular flexibility index (Phi) is 4.25. The molecule has 1 N–H and O–H groups in total. The van der Waals surface area contributed by atoms with Gasteiger partial charge in [0.05, 0.1) is 7.11 Å². The van der Waals surface area contributed by atoms with Crippen LogP contribution >= 0.6 is 11.6 Å². The molecule has 0 spiro atoms. The molecule has 7 heteroatoms. The van der Waals surface area contributed by atoms with E-state index in [9.17, 15) is 4.79 Å². The maximum Gasteiger partial charge on any atom is 0.272 e. The first-order chi connectivity index (χ1) is 9.20. The molecule has 0 aromatic carbocycles. The molecule has 0 bridgehead atoms. The van der Waals surface area contributed by atoms with Crippen molar-refractivity contribution in [2.75, 3.05) is 7.11 Å². The number of carbonyl (C=O) groups is 1. The molecule has 2 heterocycles. The summed E-state index contributed by atoms with van der Waals surface area (Å²) in [6.07, 6.45) is 1.62. The lowest BCUT2D eigenvalue weighted by Crippen LogP contribution is -2.24.